The molecule has 1 aliphatic rings. The molecule has 8 rings (SSSR count). The van der Waals surface area contributed by atoms with Gasteiger partial charge in [0, 0.05) is 16.2 Å². The number of allylic oxidation sites excluding steroid dienone is 4. The number of nitrogens with zero attached hydrogens (tertiary/aromatic N) is 2. The molecule has 0 fully saturated rings. The summed E-state index contributed by atoms with van der Waals surface area (Å²) in [5.74, 6) is 0. The molecule has 2 aromatic heterocycles. The summed E-state index contributed by atoms with van der Waals surface area (Å²) in [5.41, 5.74) is 9.20. The lowest BCUT2D eigenvalue weighted by atomic mass is 9.91. The number of imidazole rings is 1. The molecule has 0 saturated carbocycles. The highest BCUT2D eigenvalue weighted by Crippen LogP contribution is 2.39. The number of fused-ring (bicyclic) bond motifs is 4. The van der Waals surface area contributed by atoms with Gasteiger partial charge in [0.05, 0.1) is 11.0 Å². The van der Waals surface area contributed by atoms with Crippen molar-refractivity contribution in [2.45, 2.75) is 12.8 Å². The smallest absolute Gasteiger partial charge is 0.264 e. The van der Waals surface area contributed by atoms with Gasteiger partial charge in [-0.05, 0) is 82.0 Å². The van der Waals surface area contributed by atoms with Crippen LogP contribution in [0.3, 0.4) is 0 Å². The van der Waals surface area contributed by atoms with Crippen LogP contribution in [0.1, 0.15) is 18.4 Å². The number of hydrogen-bond donors (Lipinski definition) is 0. The Balaban J connectivity index is 1.51. The van der Waals surface area contributed by atoms with Crippen molar-refractivity contribution in [1.82, 2.24) is 9.38 Å². The highest BCUT2D eigenvalue weighted by Gasteiger charge is 2.20. The molecule has 0 saturated heterocycles. The second-order valence-electron chi connectivity index (χ2n) is 10.3. The zero-order chi connectivity index (χ0) is 25.9. The van der Waals surface area contributed by atoms with E-state index in [0.717, 1.165) is 73.2 Å². The summed E-state index contributed by atoms with van der Waals surface area (Å²) in [6, 6.07) is 35.6. The van der Waals surface area contributed by atoms with E-state index in [2.05, 4.69) is 97.1 Å². The maximum atomic E-state index is 14.4. The molecule has 3 heteroatoms. The van der Waals surface area contributed by atoms with Crippen LogP contribution in [0.25, 0.3) is 66.1 Å². The molecular weight excluding hydrogens is 476 g/mol. The number of hydrogen-bond acceptors (Lipinski definition) is 2. The van der Waals surface area contributed by atoms with Gasteiger partial charge in [-0.2, -0.15) is 0 Å². The van der Waals surface area contributed by atoms with Crippen LogP contribution in [-0.4, -0.2) is 9.38 Å². The van der Waals surface area contributed by atoms with Gasteiger partial charge < -0.3 is 0 Å². The Morgan fingerprint density at radius 1 is 0.667 bits per heavy atom. The first kappa shape index (κ1) is 22.0. The molecule has 7 aromatic rings. The van der Waals surface area contributed by atoms with Gasteiger partial charge in [-0.3, -0.25) is 9.20 Å². The largest absolute Gasteiger partial charge is 0.268 e. The van der Waals surface area contributed by atoms with Crippen LogP contribution in [0.2, 0.25) is 0 Å². The van der Waals surface area contributed by atoms with Gasteiger partial charge in [0.1, 0.15) is 5.65 Å². The van der Waals surface area contributed by atoms with Crippen molar-refractivity contribution in [3.8, 4) is 22.3 Å². The first-order valence-electron chi connectivity index (χ1n) is 13.4. The third-order valence-corrected chi connectivity index (χ3v) is 8.02. The van der Waals surface area contributed by atoms with Crippen LogP contribution in [0.4, 0.5) is 0 Å². The lowest BCUT2D eigenvalue weighted by Crippen LogP contribution is -2.13. The predicted octanol–water partition coefficient (Wildman–Crippen LogP) is 8.66. The van der Waals surface area contributed by atoms with Crippen LogP contribution in [0.15, 0.2) is 126 Å². The van der Waals surface area contributed by atoms with E-state index in [1.165, 1.54) is 5.57 Å². The maximum absolute atomic E-state index is 14.4. The van der Waals surface area contributed by atoms with E-state index in [1.54, 1.807) is 0 Å². The van der Waals surface area contributed by atoms with Crippen molar-refractivity contribution in [3.05, 3.63) is 137 Å². The van der Waals surface area contributed by atoms with Gasteiger partial charge in [-0.15, -0.1) is 0 Å². The quantitative estimate of drug-likeness (QED) is 0.243. The Labute approximate surface area is 225 Å². The fourth-order valence-corrected chi connectivity index (χ4v) is 6.13. The molecule has 1 aliphatic carbocycles. The minimum atomic E-state index is -0.0253. The summed E-state index contributed by atoms with van der Waals surface area (Å²) in [6.07, 6.45) is 8.52. The fraction of sp³-hybridized carbons (Fsp3) is 0.0556. The summed E-state index contributed by atoms with van der Waals surface area (Å²) < 4.78 is 1.83. The number of aromatic nitrogens is 2. The molecule has 0 atom stereocenters. The Hall–Kier alpha value is -5.02. The van der Waals surface area contributed by atoms with Crippen LogP contribution < -0.4 is 5.56 Å². The Morgan fingerprint density at radius 3 is 2.21 bits per heavy atom. The second-order valence-corrected chi connectivity index (χ2v) is 10.3. The molecule has 39 heavy (non-hydrogen) atoms. The Morgan fingerprint density at radius 2 is 1.44 bits per heavy atom. The minimum Gasteiger partial charge on any atom is -0.268 e. The number of benzene rings is 5. The average Bonchev–Trinajstić information content (AvgIpc) is 3.40. The molecule has 0 radical (unpaired) electrons. The first-order chi connectivity index (χ1) is 19.3. The van der Waals surface area contributed by atoms with Crippen molar-refractivity contribution in [3.63, 3.8) is 0 Å². The second kappa shape index (κ2) is 8.50. The predicted molar refractivity (Wildman–Crippen MR) is 162 cm³/mol. The van der Waals surface area contributed by atoms with Gasteiger partial charge >= 0.3 is 0 Å². The van der Waals surface area contributed by atoms with E-state index in [-0.39, 0.29) is 5.56 Å². The lowest BCUT2D eigenvalue weighted by Gasteiger charge is -2.14. The average molecular weight is 501 g/mol. The lowest BCUT2D eigenvalue weighted by molar-refractivity contribution is 1.05. The van der Waals surface area contributed by atoms with Gasteiger partial charge in [-0.25, -0.2) is 4.98 Å². The van der Waals surface area contributed by atoms with Gasteiger partial charge in [0.2, 0.25) is 0 Å². The van der Waals surface area contributed by atoms with Crippen LogP contribution in [0.5, 0.6) is 0 Å². The van der Waals surface area contributed by atoms with E-state index >= 15 is 0 Å². The van der Waals surface area contributed by atoms with Gasteiger partial charge in [0.15, 0.2) is 0 Å². The molecule has 5 aromatic carbocycles. The number of pyridine rings is 1. The molecule has 0 spiro atoms. The van der Waals surface area contributed by atoms with Crippen molar-refractivity contribution >= 4 is 43.8 Å². The number of rotatable bonds is 3. The van der Waals surface area contributed by atoms with Crippen LogP contribution in [-0.2, 0) is 0 Å². The third-order valence-electron chi connectivity index (χ3n) is 8.02. The summed E-state index contributed by atoms with van der Waals surface area (Å²) in [5, 5.41) is 3.76. The highest BCUT2D eigenvalue weighted by atomic mass is 16.1. The molecule has 0 amide bonds. The van der Waals surface area contributed by atoms with Crippen molar-refractivity contribution in [2.75, 3.05) is 0 Å². The highest BCUT2D eigenvalue weighted by molar-refractivity contribution is 6.20. The zero-order valence-corrected chi connectivity index (χ0v) is 21.3. The molecule has 0 aliphatic heterocycles. The summed E-state index contributed by atoms with van der Waals surface area (Å²) in [7, 11) is 0. The normalized spacial score (nSPS) is 13.6. The molecular formula is C36H24N2O. The summed E-state index contributed by atoms with van der Waals surface area (Å²) in [6.45, 7) is 0. The molecule has 0 N–H and O–H groups in total. The molecule has 0 unspecified atom stereocenters. The van der Waals surface area contributed by atoms with Crippen LogP contribution >= 0.6 is 0 Å². The Bertz CT molecular complexity index is 2170. The fourth-order valence-electron chi connectivity index (χ4n) is 6.13. The summed E-state index contributed by atoms with van der Waals surface area (Å²) >= 11 is 0. The monoisotopic (exact) mass is 500 g/mol. The van der Waals surface area contributed by atoms with E-state index < -0.39 is 0 Å². The topological polar surface area (TPSA) is 34.4 Å². The summed E-state index contributed by atoms with van der Waals surface area (Å²) in [4.78, 5) is 19.4. The van der Waals surface area contributed by atoms with E-state index in [9.17, 15) is 4.79 Å². The van der Waals surface area contributed by atoms with Crippen molar-refractivity contribution < 1.29 is 0 Å². The van der Waals surface area contributed by atoms with E-state index in [0.29, 0.717) is 5.65 Å². The molecule has 3 nitrogen and oxygen atoms in total. The maximum Gasteiger partial charge on any atom is 0.264 e. The first-order valence-corrected chi connectivity index (χ1v) is 13.4. The van der Waals surface area contributed by atoms with Crippen molar-refractivity contribution in [1.29, 1.82) is 0 Å². The zero-order valence-electron chi connectivity index (χ0n) is 21.3. The van der Waals surface area contributed by atoms with E-state index in [1.807, 2.05) is 28.7 Å². The molecule has 2 heterocycles. The standard InChI is InChI=1S/C36H24N2O/c39-36-31-21-27(24-12-6-2-7-13-24)20-30-28(25-14-8-3-9-15-25)17-18-29(34(30)31)35-37-32-19-16-26(22-33(32)38(35)36)23-10-4-1-5-11-23/h1-4,6-10,12-22H,5,11H2. The molecule has 0 bridgehead atoms. The Kier molecular flexibility index (Phi) is 4.80. The molecule has 184 valence electrons. The van der Waals surface area contributed by atoms with Gasteiger partial charge in [-0.1, -0.05) is 91.0 Å². The SMILES string of the molecule is O=c1c2cc(-c3ccccc3)cc3c(-c4ccccc4)ccc(c32)c2nc3ccc(C4=CC=CCC4)cc3n12. The minimum absolute atomic E-state index is 0.0253. The third kappa shape index (κ3) is 3.37. The van der Waals surface area contributed by atoms with Crippen LogP contribution in [0, 0.1) is 0 Å². The van der Waals surface area contributed by atoms with E-state index in [4.69, 9.17) is 4.98 Å². The van der Waals surface area contributed by atoms with Gasteiger partial charge in [0.25, 0.3) is 5.56 Å². The van der Waals surface area contributed by atoms with Crippen molar-refractivity contribution in [2.24, 2.45) is 0 Å².